The number of imide groups is 1. The van der Waals surface area contributed by atoms with Crippen molar-refractivity contribution in [1.29, 1.82) is 0 Å². The highest BCUT2D eigenvalue weighted by Crippen LogP contribution is 2.55. The summed E-state index contributed by atoms with van der Waals surface area (Å²) in [4.78, 5) is 22.9. The lowest BCUT2D eigenvalue weighted by Gasteiger charge is -2.57. The largest absolute Gasteiger partial charge is 0.338 e. The molecular formula is C13H20ClN3O2. The van der Waals surface area contributed by atoms with Crippen LogP contribution in [0.4, 0.5) is 4.79 Å². The van der Waals surface area contributed by atoms with Crippen LogP contribution in [0.5, 0.6) is 0 Å². The van der Waals surface area contributed by atoms with Crippen molar-refractivity contribution in [1.82, 2.24) is 15.8 Å². The summed E-state index contributed by atoms with van der Waals surface area (Å²) in [5, 5.41) is 3.83. The number of amides is 3. The van der Waals surface area contributed by atoms with E-state index in [1.54, 1.807) is 0 Å². The van der Waals surface area contributed by atoms with Crippen LogP contribution in [-0.4, -0.2) is 29.0 Å². The van der Waals surface area contributed by atoms with Crippen molar-refractivity contribution in [2.45, 2.75) is 44.1 Å². The van der Waals surface area contributed by atoms with Gasteiger partial charge in [-0.25, -0.2) is 15.2 Å². The highest BCUT2D eigenvalue weighted by Gasteiger charge is 2.52. The van der Waals surface area contributed by atoms with E-state index in [1.165, 1.54) is 43.5 Å². The molecule has 6 heteroatoms. The van der Waals surface area contributed by atoms with Gasteiger partial charge in [-0.2, -0.15) is 0 Å². The lowest BCUT2D eigenvalue weighted by atomic mass is 9.53. The van der Waals surface area contributed by atoms with E-state index in [0.29, 0.717) is 0 Å². The molecule has 0 aromatic rings. The summed E-state index contributed by atoms with van der Waals surface area (Å²) in [7, 11) is 0. The monoisotopic (exact) mass is 285 g/mol. The third kappa shape index (κ3) is 2.13. The number of urea groups is 1. The molecule has 1 aliphatic heterocycles. The topological polar surface area (TPSA) is 61.4 Å². The van der Waals surface area contributed by atoms with Gasteiger partial charge in [0.15, 0.2) is 0 Å². The van der Waals surface area contributed by atoms with Crippen molar-refractivity contribution in [3.63, 3.8) is 0 Å². The summed E-state index contributed by atoms with van der Waals surface area (Å²) in [5.74, 6) is 2.32. The fourth-order valence-electron chi connectivity index (χ4n) is 5.07. The van der Waals surface area contributed by atoms with E-state index in [9.17, 15) is 9.59 Å². The van der Waals surface area contributed by atoms with Gasteiger partial charge in [-0.05, 0) is 56.3 Å². The number of rotatable bonds is 2. The Morgan fingerprint density at radius 3 is 2.00 bits per heavy atom. The van der Waals surface area contributed by atoms with Gasteiger partial charge in [0, 0.05) is 5.54 Å². The molecular weight excluding hydrogens is 266 g/mol. The molecule has 5 fully saturated rings. The number of hydrogen-bond acceptors (Lipinski definition) is 3. The molecule has 5 nitrogen and oxygen atoms in total. The molecule has 0 spiro atoms. The Labute approximate surface area is 118 Å². The van der Waals surface area contributed by atoms with Crippen LogP contribution in [-0.2, 0) is 4.79 Å². The predicted octanol–water partition coefficient (Wildman–Crippen LogP) is 1.43. The van der Waals surface area contributed by atoms with Crippen molar-refractivity contribution >= 4 is 24.3 Å². The zero-order chi connectivity index (χ0) is 12.3. The second-order valence-electron chi connectivity index (χ2n) is 6.75. The van der Waals surface area contributed by atoms with Gasteiger partial charge in [-0.1, -0.05) is 0 Å². The van der Waals surface area contributed by atoms with E-state index in [1.807, 2.05) is 0 Å². The van der Waals surface area contributed by atoms with E-state index in [-0.39, 0.29) is 36.4 Å². The van der Waals surface area contributed by atoms with Crippen molar-refractivity contribution in [2.75, 3.05) is 6.54 Å². The van der Waals surface area contributed by atoms with Gasteiger partial charge in [0.05, 0.1) is 0 Å². The Hall–Kier alpha value is -0.810. The molecule has 4 bridgehead atoms. The minimum atomic E-state index is -0.282. The number of carbonyl (C=O) groups excluding carboxylic acids is 2. The molecule has 0 unspecified atom stereocenters. The normalized spacial score (nSPS) is 43.4. The third-order valence-electron chi connectivity index (χ3n) is 5.20. The lowest BCUT2D eigenvalue weighted by molar-refractivity contribution is -0.119. The zero-order valence-corrected chi connectivity index (χ0v) is 11.7. The highest BCUT2D eigenvalue weighted by molar-refractivity contribution is 6.01. The first kappa shape index (κ1) is 13.2. The second-order valence-corrected chi connectivity index (χ2v) is 6.75. The maximum Gasteiger partial charge on any atom is 0.338 e. The van der Waals surface area contributed by atoms with Crippen LogP contribution in [0, 0.1) is 17.8 Å². The first-order valence-corrected chi connectivity index (χ1v) is 7.01. The van der Waals surface area contributed by atoms with Gasteiger partial charge in [0.2, 0.25) is 5.91 Å². The van der Waals surface area contributed by atoms with Gasteiger partial charge in [0.1, 0.15) is 6.54 Å². The zero-order valence-electron chi connectivity index (χ0n) is 10.9. The average molecular weight is 286 g/mol. The second kappa shape index (κ2) is 4.35. The maximum atomic E-state index is 11.6. The first-order valence-electron chi connectivity index (χ1n) is 7.01. The quantitative estimate of drug-likeness (QED) is 0.755. The van der Waals surface area contributed by atoms with E-state index >= 15 is 0 Å². The first-order chi connectivity index (χ1) is 8.62. The van der Waals surface area contributed by atoms with Crippen LogP contribution in [0.1, 0.15) is 38.5 Å². The number of nitrogens with one attached hydrogen (secondary N) is 2. The molecule has 0 aromatic carbocycles. The summed E-state index contributed by atoms with van der Waals surface area (Å²) in [5.41, 5.74) is 3.50. The van der Waals surface area contributed by atoms with Crippen LogP contribution in [0.15, 0.2) is 0 Å². The molecule has 3 amide bonds. The van der Waals surface area contributed by atoms with Crippen molar-refractivity contribution < 1.29 is 9.59 Å². The Morgan fingerprint density at radius 1 is 1.05 bits per heavy atom. The summed E-state index contributed by atoms with van der Waals surface area (Å²) in [6.45, 7) is 0.167. The number of carbonyl (C=O) groups is 2. The van der Waals surface area contributed by atoms with E-state index in [0.717, 1.165) is 17.8 Å². The number of hydrazine groups is 1. The van der Waals surface area contributed by atoms with E-state index < -0.39 is 0 Å². The number of nitrogens with zero attached hydrogens (tertiary/aromatic N) is 1. The summed E-state index contributed by atoms with van der Waals surface area (Å²) < 4.78 is 0. The molecule has 5 aliphatic rings. The molecule has 4 aliphatic carbocycles. The van der Waals surface area contributed by atoms with Crippen molar-refractivity contribution in [3.8, 4) is 0 Å². The number of hydrogen-bond donors (Lipinski definition) is 2. The minimum absolute atomic E-state index is 0. The summed E-state index contributed by atoms with van der Waals surface area (Å²) in [6, 6.07) is -0.282. The van der Waals surface area contributed by atoms with E-state index in [2.05, 4.69) is 10.7 Å². The fraction of sp³-hybridized carbons (Fsp3) is 0.846. The maximum absolute atomic E-state index is 11.6. The standard InChI is InChI=1S/C13H19N3O2.ClH/c17-11-7-16(12(18)14-11)15-13-4-8-1-9(5-13)3-10(2-8)6-13;/h8-10,15H,1-7H2,(H,14,17,18);1H. The highest BCUT2D eigenvalue weighted by atomic mass is 35.5. The molecule has 0 aromatic heterocycles. The molecule has 19 heavy (non-hydrogen) atoms. The molecule has 2 N–H and O–H groups in total. The van der Waals surface area contributed by atoms with Gasteiger partial charge >= 0.3 is 6.03 Å². The van der Waals surface area contributed by atoms with Crippen LogP contribution >= 0.6 is 12.4 Å². The molecule has 5 rings (SSSR count). The lowest BCUT2D eigenvalue weighted by Crippen LogP contribution is -2.63. The molecule has 1 saturated heterocycles. The van der Waals surface area contributed by atoms with Gasteiger partial charge in [0.25, 0.3) is 0 Å². The fourth-order valence-corrected chi connectivity index (χ4v) is 5.07. The molecule has 1 heterocycles. The third-order valence-corrected chi connectivity index (χ3v) is 5.20. The minimum Gasteiger partial charge on any atom is -0.275 e. The SMILES string of the molecule is Cl.O=C1CN(NC23CC4CC(CC(C4)C2)C3)C(=O)N1. The van der Waals surface area contributed by atoms with Crippen LogP contribution < -0.4 is 10.7 Å². The Kier molecular flexibility index (Phi) is 3.02. The Bertz CT molecular complexity index is 391. The molecule has 4 saturated carbocycles. The van der Waals surface area contributed by atoms with Crippen molar-refractivity contribution in [2.24, 2.45) is 17.8 Å². The van der Waals surface area contributed by atoms with Crippen molar-refractivity contribution in [3.05, 3.63) is 0 Å². The molecule has 0 atom stereocenters. The van der Waals surface area contributed by atoms with Crippen LogP contribution in [0.25, 0.3) is 0 Å². The summed E-state index contributed by atoms with van der Waals surface area (Å²) >= 11 is 0. The van der Waals surface area contributed by atoms with Gasteiger partial charge in [-0.15, -0.1) is 12.4 Å². The Balaban J connectivity index is 0.00000110. The van der Waals surface area contributed by atoms with Crippen LogP contribution in [0.3, 0.4) is 0 Å². The predicted molar refractivity (Wildman–Crippen MR) is 71.5 cm³/mol. The molecule has 0 radical (unpaired) electrons. The summed E-state index contributed by atoms with van der Waals surface area (Å²) in [6.07, 6.45) is 7.68. The van der Waals surface area contributed by atoms with Gasteiger partial charge in [-0.3, -0.25) is 10.1 Å². The van der Waals surface area contributed by atoms with E-state index in [4.69, 9.17) is 0 Å². The number of halogens is 1. The smallest absolute Gasteiger partial charge is 0.275 e. The van der Waals surface area contributed by atoms with Gasteiger partial charge < -0.3 is 0 Å². The Morgan fingerprint density at radius 2 is 1.58 bits per heavy atom. The van der Waals surface area contributed by atoms with Crippen LogP contribution in [0.2, 0.25) is 0 Å². The average Bonchev–Trinajstić information content (AvgIpc) is 2.54. The molecule has 106 valence electrons.